The van der Waals surface area contributed by atoms with Crippen LogP contribution in [-0.2, 0) is 12.8 Å². The van der Waals surface area contributed by atoms with Crippen molar-refractivity contribution in [1.29, 1.82) is 0 Å². The molecule has 1 N–H and O–H groups in total. The minimum Gasteiger partial charge on any atom is -0.380 e. The lowest BCUT2D eigenvalue weighted by Gasteiger charge is -2.10. The predicted molar refractivity (Wildman–Crippen MR) is 52.2 cm³/mol. The summed E-state index contributed by atoms with van der Waals surface area (Å²) in [5, 5.41) is 9.49. The van der Waals surface area contributed by atoms with Crippen LogP contribution >= 0.6 is 0 Å². The first-order chi connectivity index (χ1) is 6.31. The molecular weight excluding hydrogens is 160 g/mol. The number of rotatable bonds is 1. The van der Waals surface area contributed by atoms with Crippen LogP contribution in [-0.4, -0.2) is 11.2 Å². The van der Waals surface area contributed by atoms with Crippen LogP contribution in [0.5, 0.6) is 0 Å². The highest BCUT2D eigenvalue weighted by Crippen LogP contribution is 2.28. The smallest absolute Gasteiger partial charge is 0.117 e. The van der Waals surface area contributed by atoms with E-state index in [-0.39, 0.29) is 5.92 Å². The van der Waals surface area contributed by atoms with E-state index in [2.05, 4.69) is 18.1 Å². The number of benzene rings is 1. The Kier molecular flexibility index (Phi) is 2.08. The van der Waals surface area contributed by atoms with Crippen molar-refractivity contribution >= 4 is 0 Å². The summed E-state index contributed by atoms with van der Waals surface area (Å²) in [7, 11) is 0. The maximum absolute atomic E-state index is 9.49. The van der Waals surface area contributed by atoms with E-state index in [1.165, 1.54) is 11.1 Å². The Bertz CT molecular complexity index is 323. The van der Waals surface area contributed by atoms with Gasteiger partial charge in [0.25, 0.3) is 0 Å². The van der Waals surface area contributed by atoms with Gasteiger partial charge in [0, 0.05) is 5.92 Å². The Morgan fingerprint density at radius 2 is 1.85 bits per heavy atom. The molecule has 0 radical (unpaired) electrons. The standard InChI is InChI=1S/C12H12O/c1-2-12(13)11-7-9-5-3-4-6-10(9)8-11/h1,3-6,11-13H,7-8H2/t12-/m0/s1. The lowest BCUT2D eigenvalue weighted by molar-refractivity contribution is 0.167. The van der Waals surface area contributed by atoms with Gasteiger partial charge in [-0.15, -0.1) is 6.42 Å². The minimum absolute atomic E-state index is 0.224. The molecule has 0 spiro atoms. The number of hydrogen-bond donors (Lipinski definition) is 1. The molecule has 0 saturated heterocycles. The molecule has 0 fully saturated rings. The third kappa shape index (κ3) is 1.46. The number of aliphatic hydroxyl groups excluding tert-OH is 1. The second kappa shape index (κ2) is 3.24. The molecule has 2 rings (SSSR count). The second-order valence-corrected chi connectivity index (χ2v) is 3.55. The summed E-state index contributed by atoms with van der Waals surface area (Å²) in [5.41, 5.74) is 2.67. The average molecular weight is 172 g/mol. The fourth-order valence-electron chi connectivity index (χ4n) is 1.95. The van der Waals surface area contributed by atoms with Gasteiger partial charge < -0.3 is 5.11 Å². The van der Waals surface area contributed by atoms with Gasteiger partial charge in [0.1, 0.15) is 6.10 Å². The topological polar surface area (TPSA) is 20.2 Å². The Morgan fingerprint density at radius 1 is 1.31 bits per heavy atom. The van der Waals surface area contributed by atoms with Crippen LogP contribution in [0.25, 0.3) is 0 Å². The Hall–Kier alpha value is -1.26. The van der Waals surface area contributed by atoms with Crippen molar-refractivity contribution in [3.8, 4) is 12.3 Å². The number of aliphatic hydroxyl groups is 1. The van der Waals surface area contributed by atoms with E-state index >= 15 is 0 Å². The zero-order valence-electron chi connectivity index (χ0n) is 7.40. The van der Waals surface area contributed by atoms with E-state index in [1.807, 2.05) is 12.1 Å². The molecule has 0 aliphatic heterocycles. The molecule has 0 amide bonds. The molecule has 1 aromatic carbocycles. The highest BCUT2D eigenvalue weighted by atomic mass is 16.3. The van der Waals surface area contributed by atoms with Crippen molar-refractivity contribution < 1.29 is 5.11 Å². The van der Waals surface area contributed by atoms with E-state index < -0.39 is 6.10 Å². The van der Waals surface area contributed by atoms with Gasteiger partial charge in [-0.1, -0.05) is 30.2 Å². The first kappa shape index (κ1) is 8.34. The quantitative estimate of drug-likeness (QED) is 0.635. The van der Waals surface area contributed by atoms with Gasteiger partial charge in [0.05, 0.1) is 0 Å². The summed E-state index contributed by atoms with van der Waals surface area (Å²) >= 11 is 0. The van der Waals surface area contributed by atoms with Gasteiger partial charge in [-0.2, -0.15) is 0 Å². The van der Waals surface area contributed by atoms with E-state index in [4.69, 9.17) is 6.42 Å². The number of hydrogen-bond acceptors (Lipinski definition) is 1. The summed E-state index contributed by atoms with van der Waals surface area (Å²) in [6.45, 7) is 0. The SMILES string of the molecule is C#C[C@H](O)C1Cc2ccccc2C1. The molecule has 1 aliphatic carbocycles. The lowest BCUT2D eigenvalue weighted by Crippen LogP contribution is -2.18. The molecule has 0 bridgehead atoms. The first-order valence-corrected chi connectivity index (χ1v) is 4.52. The fourth-order valence-corrected chi connectivity index (χ4v) is 1.95. The lowest BCUT2D eigenvalue weighted by atomic mass is 10.00. The van der Waals surface area contributed by atoms with Gasteiger partial charge in [0.2, 0.25) is 0 Å². The second-order valence-electron chi connectivity index (χ2n) is 3.55. The van der Waals surface area contributed by atoms with Crippen molar-refractivity contribution in [2.24, 2.45) is 5.92 Å². The van der Waals surface area contributed by atoms with Crippen LogP contribution in [0.3, 0.4) is 0 Å². The summed E-state index contributed by atoms with van der Waals surface area (Å²) in [5.74, 6) is 2.62. The first-order valence-electron chi connectivity index (χ1n) is 4.52. The fraction of sp³-hybridized carbons (Fsp3) is 0.333. The molecule has 0 unspecified atom stereocenters. The van der Waals surface area contributed by atoms with Crippen LogP contribution in [0, 0.1) is 18.3 Å². The van der Waals surface area contributed by atoms with Crippen LogP contribution in [0.4, 0.5) is 0 Å². The summed E-state index contributed by atoms with van der Waals surface area (Å²) in [6, 6.07) is 8.28. The van der Waals surface area contributed by atoms with Crippen LogP contribution in [0.1, 0.15) is 11.1 Å². The van der Waals surface area contributed by atoms with E-state index in [1.54, 1.807) is 0 Å². The van der Waals surface area contributed by atoms with E-state index in [0.717, 1.165) is 12.8 Å². The van der Waals surface area contributed by atoms with Crippen molar-refractivity contribution in [1.82, 2.24) is 0 Å². The Morgan fingerprint density at radius 3 is 2.31 bits per heavy atom. The third-order valence-electron chi connectivity index (χ3n) is 2.70. The zero-order chi connectivity index (χ0) is 9.26. The van der Waals surface area contributed by atoms with Gasteiger partial charge in [-0.05, 0) is 24.0 Å². The molecule has 0 heterocycles. The molecule has 1 nitrogen and oxygen atoms in total. The summed E-state index contributed by atoms with van der Waals surface area (Å²) in [4.78, 5) is 0. The highest BCUT2D eigenvalue weighted by Gasteiger charge is 2.25. The Balaban J connectivity index is 2.19. The summed E-state index contributed by atoms with van der Waals surface area (Å²) in [6.07, 6.45) is 6.43. The molecule has 1 aliphatic rings. The van der Waals surface area contributed by atoms with Gasteiger partial charge in [0.15, 0.2) is 0 Å². The largest absolute Gasteiger partial charge is 0.380 e. The van der Waals surface area contributed by atoms with Crippen molar-refractivity contribution in [2.45, 2.75) is 18.9 Å². The van der Waals surface area contributed by atoms with Crippen molar-refractivity contribution in [2.75, 3.05) is 0 Å². The van der Waals surface area contributed by atoms with E-state index in [9.17, 15) is 5.11 Å². The summed E-state index contributed by atoms with van der Waals surface area (Å²) < 4.78 is 0. The molecule has 1 atom stereocenters. The molecule has 0 saturated carbocycles. The molecule has 1 aromatic rings. The Labute approximate surface area is 78.4 Å². The molecule has 1 heteroatoms. The maximum Gasteiger partial charge on any atom is 0.117 e. The van der Waals surface area contributed by atoms with Crippen LogP contribution in [0.2, 0.25) is 0 Å². The van der Waals surface area contributed by atoms with Crippen LogP contribution < -0.4 is 0 Å². The number of fused-ring (bicyclic) bond motifs is 1. The van der Waals surface area contributed by atoms with Gasteiger partial charge in [-0.25, -0.2) is 0 Å². The normalized spacial score (nSPS) is 17.8. The molecule has 66 valence electrons. The van der Waals surface area contributed by atoms with Gasteiger partial charge in [-0.3, -0.25) is 0 Å². The molecule has 0 aromatic heterocycles. The van der Waals surface area contributed by atoms with Crippen LogP contribution in [0.15, 0.2) is 24.3 Å². The molecular formula is C12H12O. The van der Waals surface area contributed by atoms with Crippen molar-refractivity contribution in [3.05, 3.63) is 35.4 Å². The number of terminal acetylenes is 1. The highest BCUT2D eigenvalue weighted by molar-refractivity contribution is 5.33. The van der Waals surface area contributed by atoms with Crippen molar-refractivity contribution in [3.63, 3.8) is 0 Å². The maximum atomic E-state index is 9.49. The van der Waals surface area contributed by atoms with Gasteiger partial charge >= 0.3 is 0 Å². The monoisotopic (exact) mass is 172 g/mol. The molecule has 13 heavy (non-hydrogen) atoms. The average Bonchev–Trinajstić information content (AvgIpc) is 2.59. The predicted octanol–water partition coefficient (Wildman–Crippen LogP) is 1.40. The minimum atomic E-state index is -0.590. The third-order valence-corrected chi connectivity index (χ3v) is 2.70. The van der Waals surface area contributed by atoms with E-state index in [0.29, 0.717) is 0 Å². The zero-order valence-corrected chi connectivity index (χ0v) is 7.40.